The predicted molar refractivity (Wildman–Crippen MR) is 71.8 cm³/mol. The van der Waals surface area contributed by atoms with Crippen molar-refractivity contribution in [2.75, 3.05) is 20.3 Å². The van der Waals surface area contributed by atoms with Gasteiger partial charge in [-0.05, 0) is 37.1 Å². The zero-order valence-electron chi connectivity index (χ0n) is 12.1. The largest absolute Gasteiger partial charge is 0.385 e. The minimum atomic E-state index is 0.358. The Balaban J connectivity index is 3.92. The lowest BCUT2D eigenvalue weighted by atomic mass is 9.82. The highest BCUT2D eigenvalue weighted by molar-refractivity contribution is 4.80. The molecule has 0 fully saturated rings. The van der Waals surface area contributed by atoms with Crippen LogP contribution in [-0.4, -0.2) is 26.3 Å². The van der Waals surface area contributed by atoms with Gasteiger partial charge < -0.3 is 10.1 Å². The lowest BCUT2D eigenvalue weighted by Crippen LogP contribution is -2.40. The molecule has 0 radical (unpaired) electrons. The van der Waals surface area contributed by atoms with Crippen molar-refractivity contribution >= 4 is 0 Å². The van der Waals surface area contributed by atoms with Crippen LogP contribution in [0.25, 0.3) is 0 Å². The maximum absolute atomic E-state index is 5.12. The van der Waals surface area contributed by atoms with Crippen LogP contribution < -0.4 is 5.32 Å². The van der Waals surface area contributed by atoms with E-state index in [1.807, 2.05) is 0 Å². The fourth-order valence-corrected chi connectivity index (χ4v) is 2.00. The minimum absolute atomic E-state index is 0.358. The normalized spacial score (nSPS) is 16.1. The molecule has 0 aliphatic rings. The number of ether oxygens (including phenoxy) is 1. The summed E-state index contributed by atoms with van der Waals surface area (Å²) in [6.07, 6.45) is 3.74. The van der Waals surface area contributed by atoms with Crippen molar-refractivity contribution in [1.82, 2.24) is 5.32 Å². The number of hydrogen-bond acceptors (Lipinski definition) is 2. The van der Waals surface area contributed by atoms with E-state index in [9.17, 15) is 0 Å². The number of rotatable bonds is 8. The minimum Gasteiger partial charge on any atom is -0.385 e. The standard InChI is InChI=1S/C14H31NO/c1-7-15-13(14(3,4)5)9-8-12(2)10-11-16-6/h12-13,15H,7-11H2,1-6H3. The molecule has 0 rings (SSSR count). The van der Waals surface area contributed by atoms with Gasteiger partial charge in [-0.25, -0.2) is 0 Å². The van der Waals surface area contributed by atoms with Crippen molar-refractivity contribution < 1.29 is 4.74 Å². The molecule has 0 saturated heterocycles. The fourth-order valence-electron chi connectivity index (χ4n) is 2.00. The van der Waals surface area contributed by atoms with Crippen LogP contribution in [-0.2, 0) is 4.74 Å². The van der Waals surface area contributed by atoms with Crippen LogP contribution in [0.2, 0.25) is 0 Å². The second-order valence-corrected chi connectivity index (χ2v) is 5.94. The molecule has 98 valence electrons. The zero-order valence-corrected chi connectivity index (χ0v) is 12.1. The highest BCUT2D eigenvalue weighted by Gasteiger charge is 2.23. The first-order chi connectivity index (χ1) is 7.41. The Hall–Kier alpha value is -0.0800. The SMILES string of the molecule is CCNC(CCC(C)CCOC)C(C)(C)C. The van der Waals surface area contributed by atoms with Crippen molar-refractivity contribution in [2.45, 2.75) is 59.9 Å². The third-order valence-electron chi connectivity index (χ3n) is 3.26. The van der Waals surface area contributed by atoms with Crippen LogP contribution in [0.5, 0.6) is 0 Å². The summed E-state index contributed by atoms with van der Waals surface area (Å²) in [7, 11) is 1.78. The van der Waals surface area contributed by atoms with Crippen LogP contribution >= 0.6 is 0 Å². The number of hydrogen-bond donors (Lipinski definition) is 1. The number of nitrogens with one attached hydrogen (secondary N) is 1. The monoisotopic (exact) mass is 229 g/mol. The zero-order chi connectivity index (χ0) is 12.6. The van der Waals surface area contributed by atoms with Crippen molar-refractivity contribution in [3.8, 4) is 0 Å². The van der Waals surface area contributed by atoms with Gasteiger partial charge in [0.2, 0.25) is 0 Å². The van der Waals surface area contributed by atoms with Crippen LogP contribution in [0, 0.1) is 11.3 Å². The molecule has 0 aromatic carbocycles. The lowest BCUT2D eigenvalue weighted by Gasteiger charge is -2.32. The van der Waals surface area contributed by atoms with Crippen molar-refractivity contribution in [3.63, 3.8) is 0 Å². The average Bonchev–Trinajstić information content (AvgIpc) is 2.19. The summed E-state index contributed by atoms with van der Waals surface area (Å²) in [4.78, 5) is 0. The highest BCUT2D eigenvalue weighted by Crippen LogP contribution is 2.25. The maximum Gasteiger partial charge on any atom is 0.0464 e. The van der Waals surface area contributed by atoms with E-state index in [0.717, 1.165) is 19.1 Å². The number of methoxy groups -OCH3 is 1. The van der Waals surface area contributed by atoms with Crippen LogP contribution in [0.4, 0.5) is 0 Å². The molecule has 0 aromatic rings. The Morgan fingerprint density at radius 2 is 1.75 bits per heavy atom. The van der Waals surface area contributed by atoms with Gasteiger partial charge in [-0.3, -0.25) is 0 Å². The Labute approximate surface area is 102 Å². The summed E-state index contributed by atoms with van der Waals surface area (Å²) in [6.45, 7) is 13.4. The maximum atomic E-state index is 5.12. The van der Waals surface area contributed by atoms with E-state index in [1.165, 1.54) is 19.3 Å². The molecule has 0 aliphatic heterocycles. The molecule has 16 heavy (non-hydrogen) atoms. The van der Waals surface area contributed by atoms with E-state index in [4.69, 9.17) is 4.74 Å². The van der Waals surface area contributed by atoms with E-state index in [1.54, 1.807) is 7.11 Å². The summed E-state index contributed by atoms with van der Waals surface area (Å²) < 4.78 is 5.12. The summed E-state index contributed by atoms with van der Waals surface area (Å²) in [5.41, 5.74) is 0.358. The summed E-state index contributed by atoms with van der Waals surface area (Å²) in [5.74, 6) is 0.767. The average molecular weight is 229 g/mol. The Morgan fingerprint density at radius 1 is 1.12 bits per heavy atom. The van der Waals surface area contributed by atoms with Crippen molar-refractivity contribution in [3.05, 3.63) is 0 Å². The van der Waals surface area contributed by atoms with E-state index in [0.29, 0.717) is 11.5 Å². The Bertz CT molecular complexity index is 163. The van der Waals surface area contributed by atoms with Gasteiger partial charge >= 0.3 is 0 Å². The molecule has 0 aliphatic carbocycles. The summed E-state index contributed by atoms with van der Waals surface area (Å²) in [5, 5.41) is 3.60. The van der Waals surface area contributed by atoms with Crippen LogP contribution in [0.15, 0.2) is 0 Å². The highest BCUT2D eigenvalue weighted by atomic mass is 16.5. The topological polar surface area (TPSA) is 21.3 Å². The second kappa shape index (κ2) is 8.08. The Morgan fingerprint density at radius 3 is 2.19 bits per heavy atom. The first kappa shape index (κ1) is 15.9. The fraction of sp³-hybridized carbons (Fsp3) is 1.00. The molecular formula is C14H31NO. The molecule has 1 N–H and O–H groups in total. The van der Waals surface area contributed by atoms with Gasteiger partial charge in [-0.15, -0.1) is 0 Å². The first-order valence-corrected chi connectivity index (χ1v) is 6.64. The van der Waals surface area contributed by atoms with E-state index >= 15 is 0 Å². The predicted octanol–water partition coefficient (Wildman–Crippen LogP) is 3.46. The first-order valence-electron chi connectivity index (χ1n) is 6.64. The smallest absolute Gasteiger partial charge is 0.0464 e. The van der Waals surface area contributed by atoms with E-state index in [-0.39, 0.29) is 0 Å². The third-order valence-corrected chi connectivity index (χ3v) is 3.26. The lowest BCUT2D eigenvalue weighted by molar-refractivity contribution is 0.173. The summed E-state index contributed by atoms with van der Waals surface area (Å²) >= 11 is 0. The van der Waals surface area contributed by atoms with Gasteiger partial charge in [0.15, 0.2) is 0 Å². The van der Waals surface area contributed by atoms with Crippen LogP contribution in [0.3, 0.4) is 0 Å². The van der Waals surface area contributed by atoms with Crippen molar-refractivity contribution in [2.24, 2.45) is 11.3 Å². The van der Waals surface area contributed by atoms with Crippen molar-refractivity contribution in [1.29, 1.82) is 0 Å². The molecule has 2 unspecified atom stereocenters. The van der Waals surface area contributed by atoms with Crippen LogP contribution in [0.1, 0.15) is 53.9 Å². The molecule has 2 heteroatoms. The summed E-state index contributed by atoms with van der Waals surface area (Å²) in [6, 6.07) is 0.627. The van der Waals surface area contributed by atoms with Gasteiger partial charge in [0, 0.05) is 19.8 Å². The third kappa shape index (κ3) is 7.24. The molecule has 0 heterocycles. The molecule has 0 spiro atoms. The molecular weight excluding hydrogens is 198 g/mol. The molecule has 0 amide bonds. The Kier molecular flexibility index (Phi) is 8.04. The molecule has 0 aromatic heterocycles. The van der Waals surface area contributed by atoms with Gasteiger partial charge in [0.1, 0.15) is 0 Å². The van der Waals surface area contributed by atoms with Gasteiger partial charge in [-0.1, -0.05) is 34.6 Å². The molecule has 0 bridgehead atoms. The molecule has 2 atom stereocenters. The van der Waals surface area contributed by atoms with Gasteiger partial charge in [0.05, 0.1) is 0 Å². The molecule has 0 saturated carbocycles. The quantitative estimate of drug-likeness (QED) is 0.688. The van der Waals surface area contributed by atoms with Gasteiger partial charge in [0.25, 0.3) is 0 Å². The second-order valence-electron chi connectivity index (χ2n) is 5.94. The van der Waals surface area contributed by atoms with E-state index < -0.39 is 0 Å². The molecule has 2 nitrogen and oxygen atoms in total. The van der Waals surface area contributed by atoms with Gasteiger partial charge in [-0.2, -0.15) is 0 Å². The van der Waals surface area contributed by atoms with E-state index in [2.05, 4.69) is 39.9 Å².